The topological polar surface area (TPSA) is 170 Å². The highest BCUT2D eigenvalue weighted by molar-refractivity contribution is 5.78. The molecule has 13 nitrogen and oxygen atoms in total. The maximum absolute atomic E-state index is 11.8. The maximum Gasteiger partial charge on any atom is 0.303 e. The van der Waals surface area contributed by atoms with E-state index in [0.29, 0.717) is 6.29 Å². The van der Waals surface area contributed by atoms with E-state index in [1.807, 2.05) is 0 Å². The summed E-state index contributed by atoms with van der Waals surface area (Å²) in [6.07, 6.45) is -6.55. The Morgan fingerprint density at radius 3 is 2.03 bits per heavy atom. The molecule has 0 N–H and O–H groups in total. The summed E-state index contributed by atoms with van der Waals surface area (Å²) in [6, 6.07) is 3.75. The number of hydrogen-bond acceptors (Lipinski definition) is 13. The van der Waals surface area contributed by atoms with Gasteiger partial charge in [0.2, 0.25) is 12.4 Å². The Balaban J connectivity index is 2.52. The first kappa shape index (κ1) is 26.4. The van der Waals surface area contributed by atoms with Crippen molar-refractivity contribution in [1.82, 2.24) is 0 Å². The van der Waals surface area contributed by atoms with Gasteiger partial charge in [-0.3, -0.25) is 24.0 Å². The van der Waals surface area contributed by atoms with Crippen LogP contribution in [0, 0.1) is 4.91 Å². The van der Waals surface area contributed by atoms with E-state index in [4.69, 9.17) is 28.4 Å². The Bertz CT molecular complexity index is 961. The molecule has 0 spiro atoms. The SMILES string of the molecule is CC(=O)OC[C@H]1O[C@@H](Oc2ccc(C=O)cc2N=O)[C@H](OC(C)=O)[C@@H](OC(C)=O)[C@H]1OC(C)=O. The summed E-state index contributed by atoms with van der Waals surface area (Å²) in [4.78, 5) is 69.0. The van der Waals surface area contributed by atoms with Crippen LogP contribution in [0.5, 0.6) is 5.75 Å². The molecular weight excluding hydrogens is 458 g/mol. The minimum absolute atomic E-state index is 0.142. The summed E-state index contributed by atoms with van der Waals surface area (Å²) in [5, 5.41) is 2.81. The second kappa shape index (κ2) is 11.8. The Hall–Kier alpha value is -3.87. The molecule has 34 heavy (non-hydrogen) atoms. The largest absolute Gasteiger partial charge is 0.463 e. The van der Waals surface area contributed by atoms with Crippen LogP contribution in [0.2, 0.25) is 0 Å². The van der Waals surface area contributed by atoms with Gasteiger partial charge in [-0.2, -0.15) is 0 Å². The van der Waals surface area contributed by atoms with Gasteiger partial charge >= 0.3 is 23.9 Å². The molecule has 0 aliphatic carbocycles. The molecule has 1 aliphatic rings. The second-order valence-electron chi connectivity index (χ2n) is 7.12. The fourth-order valence-electron chi connectivity index (χ4n) is 3.19. The monoisotopic (exact) mass is 481 g/mol. The van der Waals surface area contributed by atoms with E-state index in [0.717, 1.165) is 33.8 Å². The number of aldehydes is 1. The third-order valence-corrected chi connectivity index (χ3v) is 4.41. The highest BCUT2D eigenvalue weighted by atomic mass is 16.7. The number of carbonyl (C=O) groups excluding carboxylic acids is 5. The third-order valence-electron chi connectivity index (χ3n) is 4.41. The summed E-state index contributed by atoms with van der Waals surface area (Å²) < 4.78 is 32.3. The predicted octanol–water partition coefficient (Wildman–Crippen LogP) is 1.36. The molecule has 1 saturated heterocycles. The number of ether oxygens (including phenoxy) is 6. The molecule has 1 fully saturated rings. The Morgan fingerprint density at radius 1 is 0.912 bits per heavy atom. The lowest BCUT2D eigenvalue weighted by atomic mass is 9.98. The van der Waals surface area contributed by atoms with Gasteiger partial charge in [0.15, 0.2) is 23.6 Å². The lowest BCUT2D eigenvalue weighted by molar-refractivity contribution is -0.288. The Kier molecular flexibility index (Phi) is 9.18. The van der Waals surface area contributed by atoms with Crippen LogP contribution in [-0.4, -0.2) is 67.5 Å². The summed E-state index contributed by atoms with van der Waals surface area (Å²) in [7, 11) is 0. The van der Waals surface area contributed by atoms with Gasteiger partial charge in [-0.25, -0.2) is 0 Å². The van der Waals surface area contributed by atoms with Crippen molar-refractivity contribution in [2.75, 3.05) is 6.61 Å². The molecule has 2 rings (SSSR count). The highest BCUT2D eigenvalue weighted by Crippen LogP contribution is 2.34. The smallest absolute Gasteiger partial charge is 0.303 e. The standard InChI is InChI=1S/C21H23NO12/c1-10(24)29-9-17-18(30-11(2)25)19(31-12(3)26)20(32-13(4)27)21(34-17)33-16-6-5-14(8-23)7-15(16)22-28/h5-8,17-21H,9H2,1-4H3/t17-,18+,19+,20-,21-/m1/s1. The van der Waals surface area contributed by atoms with Crippen LogP contribution in [0.15, 0.2) is 23.4 Å². The van der Waals surface area contributed by atoms with Gasteiger partial charge in [0, 0.05) is 33.3 Å². The first-order valence-electron chi connectivity index (χ1n) is 9.95. The molecule has 5 atom stereocenters. The normalized spacial score (nSPS) is 23.7. The molecule has 0 bridgehead atoms. The van der Waals surface area contributed by atoms with Crippen molar-refractivity contribution in [3.8, 4) is 5.75 Å². The molecule has 0 saturated carbocycles. The minimum atomic E-state index is -1.54. The molecule has 0 radical (unpaired) electrons. The predicted molar refractivity (Wildman–Crippen MR) is 110 cm³/mol. The van der Waals surface area contributed by atoms with Crippen LogP contribution < -0.4 is 4.74 Å². The van der Waals surface area contributed by atoms with E-state index in [1.54, 1.807) is 0 Å². The molecule has 13 heteroatoms. The number of benzene rings is 1. The molecule has 0 amide bonds. The van der Waals surface area contributed by atoms with Crippen molar-refractivity contribution in [1.29, 1.82) is 0 Å². The molecule has 1 heterocycles. The summed E-state index contributed by atoms with van der Waals surface area (Å²) >= 11 is 0. The van der Waals surface area contributed by atoms with E-state index in [9.17, 15) is 28.9 Å². The Morgan fingerprint density at radius 2 is 1.50 bits per heavy atom. The second-order valence-corrected chi connectivity index (χ2v) is 7.12. The average Bonchev–Trinajstić information content (AvgIpc) is 2.75. The zero-order valence-corrected chi connectivity index (χ0v) is 18.7. The Labute approximate surface area is 193 Å². The number of hydrogen-bond donors (Lipinski definition) is 0. The minimum Gasteiger partial charge on any atom is -0.463 e. The number of rotatable bonds is 9. The van der Waals surface area contributed by atoms with Gasteiger partial charge < -0.3 is 28.4 Å². The van der Waals surface area contributed by atoms with Gasteiger partial charge in [-0.05, 0) is 23.4 Å². The van der Waals surface area contributed by atoms with E-state index in [-0.39, 0.29) is 17.0 Å². The van der Waals surface area contributed by atoms with Crippen molar-refractivity contribution in [2.45, 2.75) is 58.4 Å². The number of esters is 4. The maximum atomic E-state index is 11.8. The molecule has 1 aromatic rings. The van der Waals surface area contributed by atoms with Crippen LogP contribution in [0.4, 0.5) is 5.69 Å². The fourth-order valence-corrected chi connectivity index (χ4v) is 3.19. The summed E-state index contributed by atoms with van der Waals surface area (Å²) in [5.41, 5.74) is -0.124. The molecule has 0 aromatic heterocycles. The first-order chi connectivity index (χ1) is 16.0. The fraction of sp³-hybridized carbons (Fsp3) is 0.476. The average molecular weight is 481 g/mol. The van der Waals surface area contributed by atoms with Crippen molar-refractivity contribution in [3.05, 3.63) is 28.7 Å². The molecule has 1 aliphatic heterocycles. The van der Waals surface area contributed by atoms with E-state index in [1.165, 1.54) is 12.1 Å². The van der Waals surface area contributed by atoms with E-state index >= 15 is 0 Å². The van der Waals surface area contributed by atoms with Crippen molar-refractivity contribution in [3.63, 3.8) is 0 Å². The van der Waals surface area contributed by atoms with Crippen LogP contribution in [-0.2, 0) is 42.9 Å². The number of nitrogens with zero attached hydrogens (tertiary/aromatic N) is 1. The summed E-state index contributed by atoms with van der Waals surface area (Å²) in [5.74, 6) is -3.23. The lowest BCUT2D eigenvalue weighted by Crippen LogP contribution is -2.63. The van der Waals surface area contributed by atoms with Gasteiger partial charge in [-0.15, -0.1) is 4.91 Å². The number of nitroso groups, excluding NO2 is 1. The third kappa shape index (κ3) is 7.07. The molecule has 184 valence electrons. The van der Waals surface area contributed by atoms with Crippen molar-refractivity contribution >= 4 is 35.9 Å². The molecular formula is C21H23NO12. The van der Waals surface area contributed by atoms with Crippen LogP contribution in [0.3, 0.4) is 0 Å². The van der Waals surface area contributed by atoms with E-state index in [2.05, 4.69) is 5.18 Å². The van der Waals surface area contributed by atoms with Gasteiger partial charge in [-0.1, -0.05) is 0 Å². The highest BCUT2D eigenvalue weighted by Gasteiger charge is 2.53. The lowest BCUT2D eigenvalue weighted by Gasteiger charge is -2.43. The van der Waals surface area contributed by atoms with Crippen LogP contribution in [0.25, 0.3) is 0 Å². The molecule has 0 unspecified atom stereocenters. The number of carbonyl (C=O) groups is 5. The zero-order chi connectivity index (χ0) is 25.4. The molecule has 1 aromatic carbocycles. The van der Waals surface area contributed by atoms with Gasteiger partial charge in [0.25, 0.3) is 0 Å². The van der Waals surface area contributed by atoms with E-state index < -0.39 is 61.2 Å². The van der Waals surface area contributed by atoms with Gasteiger partial charge in [0.05, 0.1) is 0 Å². The van der Waals surface area contributed by atoms with Gasteiger partial charge in [0.1, 0.15) is 19.0 Å². The quantitative estimate of drug-likeness (QED) is 0.215. The van der Waals surface area contributed by atoms with Crippen LogP contribution in [0.1, 0.15) is 38.1 Å². The summed E-state index contributed by atoms with van der Waals surface area (Å²) in [6.45, 7) is 3.94. The van der Waals surface area contributed by atoms with Crippen LogP contribution >= 0.6 is 0 Å². The van der Waals surface area contributed by atoms with Crippen molar-refractivity contribution < 1.29 is 52.4 Å². The zero-order valence-electron chi connectivity index (χ0n) is 18.7. The first-order valence-corrected chi connectivity index (χ1v) is 9.95. The van der Waals surface area contributed by atoms with Crippen molar-refractivity contribution in [2.24, 2.45) is 5.18 Å².